The second kappa shape index (κ2) is 5.76. The zero-order valence-corrected chi connectivity index (χ0v) is 13.5. The predicted molar refractivity (Wildman–Crippen MR) is 91.5 cm³/mol. The van der Waals surface area contributed by atoms with Gasteiger partial charge in [-0.1, -0.05) is 48.5 Å². The molecule has 1 aromatic heterocycles. The van der Waals surface area contributed by atoms with E-state index in [1.165, 1.54) is 0 Å². The van der Waals surface area contributed by atoms with Gasteiger partial charge in [-0.2, -0.15) is 5.10 Å². The molecule has 1 fully saturated rings. The highest BCUT2D eigenvalue weighted by atomic mass is 16.5. The summed E-state index contributed by atoms with van der Waals surface area (Å²) in [7, 11) is 1.71. The number of nitrogens with zero attached hydrogens (tertiary/aromatic N) is 2. The SMILES string of the molecule is COC1(c2ccccc2)CN(C(=O)Cc2[nH]nc3ccccc23)C1. The van der Waals surface area contributed by atoms with E-state index in [-0.39, 0.29) is 11.5 Å². The second-order valence-corrected chi connectivity index (χ2v) is 6.21. The third-order valence-corrected chi connectivity index (χ3v) is 4.80. The Bertz CT molecular complexity index is 866. The quantitative estimate of drug-likeness (QED) is 0.803. The van der Waals surface area contributed by atoms with Gasteiger partial charge in [-0.15, -0.1) is 0 Å². The maximum atomic E-state index is 12.6. The predicted octanol–water partition coefficient (Wildman–Crippen LogP) is 2.49. The van der Waals surface area contributed by atoms with Crippen molar-refractivity contribution in [2.45, 2.75) is 12.0 Å². The lowest BCUT2D eigenvalue weighted by atomic mass is 9.85. The molecule has 4 rings (SSSR count). The number of hydrogen-bond donors (Lipinski definition) is 1. The first kappa shape index (κ1) is 14.9. The molecule has 2 heterocycles. The second-order valence-electron chi connectivity index (χ2n) is 6.21. The molecular weight excluding hydrogens is 302 g/mol. The van der Waals surface area contributed by atoms with E-state index >= 15 is 0 Å². The summed E-state index contributed by atoms with van der Waals surface area (Å²) < 4.78 is 5.73. The number of likely N-dealkylation sites (tertiary alicyclic amines) is 1. The van der Waals surface area contributed by atoms with Crippen LogP contribution in [0.1, 0.15) is 11.3 Å². The molecule has 1 aliphatic rings. The van der Waals surface area contributed by atoms with Crippen LogP contribution in [0.15, 0.2) is 54.6 Å². The number of carbonyl (C=O) groups is 1. The normalized spacial score (nSPS) is 16.1. The number of aromatic amines is 1. The Hall–Kier alpha value is -2.66. The van der Waals surface area contributed by atoms with Crippen molar-refractivity contribution in [1.82, 2.24) is 15.1 Å². The molecule has 1 amide bonds. The van der Waals surface area contributed by atoms with Gasteiger partial charge < -0.3 is 9.64 Å². The number of fused-ring (bicyclic) bond motifs is 1. The van der Waals surface area contributed by atoms with Crippen LogP contribution in [-0.4, -0.2) is 41.2 Å². The van der Waals surface area contributed by atoms with Crippen molar-refractivity contribution in [3.05, 3.63) is 65.9 Å². The van der Waals surface area contributed by atoms with Crippen LogP contribution in [0.2, 0.25) is 0 Å². The molecule has 1 N–H and O–H groups in total. The first-order valence-corrected chi connectivity index (χ1v) is 8.02. The third-order valence-electron chi connectivity index (χ3n) is 4.80. The highest BCUT2D eigenvalue weighted by Gasteiger charge is 2.46. The molecule has 2 aromatic carbocycles. The van der Waals surface area contributed by atoms with Gasteiger partial charge in [-0.3, -0.25) is 9.89 Å². The van der Waals surface area contributed by atoms with Crippen LogP contribution in [0.4, 0.5) is 0 Å². The first-order chi connectivity index (χ1) is 11.7. The summed E-state index contributed by atoms with van der Waals surface area (Å²) in [5, 5.41) is 8.24. The first-order valence-electron chi connectivity index (χ1n) is 8.02. The Labute approximate surface area is 140 Å². The molecule has 0 saturated carbocycles. The van der Waals surface area contributed by atoms with E-state index in [1.807, 2.05) is 59.5 Å². The van der Waals surface area contributed by atoms with E-state index in [2.05, 4.69) is 10.2 Å². The maximum Gasteiger partial charge on any atom is 0.228 e. The molecule has 5 nitrogen and oxygen atoms in total. The van der Waals surface area contributed by atoms with Gasteiger partial charge in [-0.05, 0) is 11.6 Å². The van der Waals surface area contributed by atoms with Crippen LogP contribution in [0.25, 0.3) is 10.9 Å². The van der Waals surface area contributed by atoms with Crippen molar-refractivity contribution >= 4 is 16.8 Å². The summed E-state index contributed by atoms with van der Waals surface area (Å²) in [5.74, 6) is 0.0907. The van der Waals surface area contributed by atoms with Crippen molar-refractivity contribution in [3.63, 3.8) is 0 Å². The van der Waals surface area contributed by atoms with Gasteiger partial charge in [0.15, 0.2) is 0 Å². The molecule has 3 aromatic rings. The van der Waals surface area contributed by atoms with Crippen LogP contribution < -0.4 is 0 Å². The summed E-state index contributed by atoms with van der Waals surface area (Å²) in [6.07, 6.45) is 0.328. The van der Waals surface area contributed by atoms with Crippen molar-refractivity contribution in [2.75, 3.05) is 20.2 Å². The Kier molecular flexibility index (Phi) is 3.58. The van der Waals surface area contributed by atoms with Crippen LogP contribution >= 0.6 is 0 Å². The molecule has 0 spiro atoms. The summed E-state index contributed by atoms with van der Waals surface area (Å²) in [4.78, 5) is 14.4. The van der Waals surface area contributed by atoms with Crippen molar-refractivity contribution in [3.8, 4) is 0 Å². The van der Waals surface area contributed by atoms with E-state index < -0.39 is 0 Å². The summed E-state index contributed by atoms with van der Waals surface area (Å²) >= 11 is 0. The number of hydrogen-bond acceptors (Lipinski definition) is 3. The van der Waals surface area contributed by atoms with E-state index in [4.69, 9.17) is 4.74 Å². The molecule has 0 atom stereocenters. The summed E-state index contributed by atoms with van der Waals surface area (Å²) in [6.45, 7) is 1.16. The Balaban J connectivity index is 1.47. The van der Waals surface area contributed by atoms with Gasteiger partial charge in [0, 0.05) is 12.5 Å². The standard InChI is InChI=1S/C19H19N3O2/c1-24-19(14-7-3-2-4-8-14)12-22(13-19)18(23)11-17-15-9-5-6-10-16(15)20-21-17/h2-10H,11-13H2,1H3,(H,20,21). The van der Waals surface area contributed by atoms with Crippen LogP contribution in [0, 0.1) is 0 Å². The Morgan fingerprint density at radius 1 is 1.17 bits per heavy atom. The monoisotopic (exact) mass is 321 g/mol. The largest absolute Gasteiger partial charge is 0.370 e. The lowest BCUT2D eigenvalue weighted by Crippen LogP contribution is -2.62. The highest BCUT2D eigenvalue weighted by Crippen LogP contribution is 2.35. The van der Waals surface area contributed by atoms with Crippen LogP contribution in [0.3, 0.4) is 0 Å². The fraction of sp³-hybridized carbons (Fsp3) is 0.263. The third kappa shape index (κ3) is 2.37. The number of ether oxygens (including phenoxy) is 1. The number of H-pyrrole nitrogens is 1. The minimum Gasteiger partial charge on any atom is -0.370 e. The molecule has 0 aliphatic carbocycles. The zero-order valence-electron chi connectivity index (χ0n) is 13.5. The average Bonchev–Trinajstić information content (AvgIpc) is 2.99. The number of aromatic nitrogens is 2. The van der Waals surface area contributed by atoms with Gasteiger partial charge in [-0.25, -0.2) is 0 Å². The molecular formula is C19H19N3O2. The number of rotatable bonds is 4. The summed E-state index contributed by atoms with van der Waals surface area (Å²) in [6, 6.07) is 17.9. The maximum absolute atomic E-state index is 12.6. The number of amides is 1. The molecule has 0 radical (unpaired) electrons. The topological polar surface area (TPSA) is 58.2 Å². The fourth-order valence-electron chi connectivity index (χ4n) is 3.33. The van der Waals surface area contributed by atoms with Crippen molar-refractivity contribution in [1.29, 1.82) is 0 Å². The Morgan fingerprint density at radius 3 is 2.62 bits per heavy atom. The van der Waals surface area contributed by atoms with Gasteiger partial charge in [0.05, 0.1) is 30.7 Å². The van der Waals surface area contributed by atoms with E-state index in [0.717, 1.165) is 22.2 Å². The molecule has 0 unspecified atom stereocenters. The van der Waals surface area contributed by atoms with E-state index in [1.54, 1.807) is 7.11 Å². The smallest absolute Gasteiger partial charge is 0.228 e. The average molecular weight is 321 g/mol. The number of carbonyl (C=O) groups excluding carboxylic acids is 1. The Morgan fingerprint density at radius 2 is 1.88 bits per heavy atom. The van der Waals surface area contributed by atoms with E-state index in [9.17, 15) is 4.79 Å². The number of nitrogens with one attached hydrogen (secondary N) is 1. The van der Waals surface area contributed by atoms with Crippen molar-refractivity contribution < 1.29 is 9.53 Å². The number of benzene rings is 2. The molecule has 0 bridgehead atoms. The zero-order chi connectivity index (χ0) is 16.6. The van der Waals surface area contributed by atoms with Gasteiger partial charge in [0.25, 0.3) is 0 Å². The molecule has 1 aliphatic heterocycles. The molecule has 24 heavy (non-hydrogen) atoms. The van der Waals surface area contributed by atoms with Crippen LogP contribution in [0.5, 0.6) is 0 Å². The van der Waals surface area contributed by atoms with Gasteiger partial charge in [0.1, 0.15) is 5.60 Å². The van der Waals surface area contributed by atoms with E-state index in [0.29, 0.717) is 19.5 Å². The van der Waals surface area contributed by atoms with Crippen LogP contribution in [-0.2, 0) is 21.6 Å². The highest BCUT2D eigenvalue weighted by molar-refractivity contribution is 5.87. The minimum atomic E-state index is -0.382. The molecule has 1 saturated heterocycles. The minimum absolute atomic E-state index is 0.0907. The van der Waals surface area contributed by atoms with Gasteiger partial charge in [0.2, 0.25) is 5.91 Å². The lowest BCUT2D eigenvalue weighted by Gasteiger charge is -2.49. The molecule has 5 heteroatoms. The number of methoxy groups -OCH3 is 1. The number of para-hydroxylation sites is 1. The lowest BCUT2D eigenvalue weighted by molar-refractivity contribution is -0.164. The van der Waals surface area contributed by atoms with Crippen molar-refractivity contribution in [2.24, 2.45) is 0 Å². The van der Waals surface area contributed by atoms with Gasteiger partial charge >= 0.3 is 0 Å². The summed E-state index contributed by atoms with van der Waals surface area (Å²) in [5.41, 5.74) is 2.49. The fourth-order valence-corrected chi connectivity index (χ4v) is 3.33. The molecule has 122 valence electrons.